The van der Waals surface area contributed by atoms with Crippen LogP contribution in [0.15, 0.2) is 18.2 Å². The first-order chi connectivity index (χ1) is 9.46. The normalized spacial score (nSPS) is 13.9. The monoisotopic (exact) mass is 279 g/mol. The lowest BCUT2D eigenvalue weighted by Crippen LogP contribution is -2.31. The summed E-state index contributed by atoms with van der Waals surface area (Å²) in [5.41, 5.74) is 0.521. The van der Waals surface area contributed by atoms with E-state index in [1.165, 1.54) is 0 Å². The van der Waals surface area contributed by atoms with Gasteiger partial charge in [-0.1, -0.05) is 12.1 Å². The van der Waals surface area contributed by atoms with E-state index in [1.54, 1.807) is 0 Å². The summed E-state index contributed by atoms with van der Waals surface area (Å²) in [6, 6.07) is 5.75. The summed E-state index contributed by atoms with van der Waals surface area (Å²) in [5.74, 6) is 1.25. The Hall–Kier alpha value is -1.75. The number of benzene rings is 1. The number of hydrogen-bond acceptors (Lipinski definition) is 5. The SMILES string of the molecule is CC(C)(C)OC(=O)CNCc1cccc2c1OCCO2. The van der Waals surface area contributed by atoms with Gasteiger partial charge in [0.2, 0.25) is 0 Å². The van der Waals surface area contributed by atoms with Gasteiger partial charge in [0.05, 0.1) is 6.54 Å². The van der Waals surface area contributed by atoms with Gasteiger partial charge in [0.1, 0.15) is 18.8 Å². The van der Waals surface area contributed by atoms with Crippen LogP contribution in [0.2, 0.25) is 0 Å². The molecule has 110 valence electrons. The molecule has 0 fully saturated rings. The van der Waals surface area contributed by atoms with E-state index in [9.17, 15) is 4.79 Å². The summed E-state index contributed by atoms with van der Waals surface area (Å²) in [7, 11) is 0. The molecule has 0 aliphatic carbocycles. The lowest BCUT2D eigenvalue weighted by atomic mass is 10.1. The quantitative estimate of drug-likeness (QED) is 0.853. The van der Waals surface area contributed by atoms with Gasteiger partial charge < -0.3 is 19.5 Å². The molecule has 2 rings (SSSR count). The molecule has 1 N–H and O–H groups in total. The maximum Gasteiger partial charge on any atom is 0.320 e. The number of fused-ring (bicyclic) bond motifs is 1. The highest BCUT2D eigenvalue weighted by atomic mass is 16.6. The average Bonchev–Trinajstić information content (AvgIpc) is 2.37. The van der Waals surface area contributed by atoms with E-state index in [2.05, 4.69) is 5.32 Å². The van der Waals surface area contributed by atoms with Crippen molar-refractivity contribution >= 4 is 5.97 Å². The average molecular weight is 279 g/mol. The van der Waals surface area contributed by atoms with Gasteiger partial charge in [-0.2, -0.15) is 0 Å². The molecule has 20 heavy (non-hydrogen) atoms. The third kappa shape index (κ3) is 4.13. The van der Waals surface area contributed by atoms with Gasteiger partial charge in [0.15, 0.2) is 11.5 Å². The summed E-state index contributed by atoms with van der Waals surface area (Å²) < 4.78 is 16.4. The number of rotatable bonds is 4. The van der Waals surface area contributed by atoms with Gasteiger partial charge in [-0.05, 0) is 26.8 Å². The number of hydrogen-bond donors (Lipinski definition) is 1. The Kier molecular flexibility index (Phi) is 4.49. The molecule has 0 saturated carbocycles. The first kappa shape index (κ1) is 14.7. The second kappa shape index (κ2) is 6.13. The van der Waals surface area contributed by atoms with Crippen LogP contribution >= 0.6 is 0 Å². The number of carbonyl (C=O) groups excluding carboxylic acids is 1. The highest BCUT2D eigenvalue weighted by Crippen LogP contribution is 2.33. The minimum Gasteiger partial charge on any atom is -0.486 e. The van der Waals surface area contributed by atoms with Crippen LogP contribution in [0.25, 0.3) is 0 Å². The van der Waals surface area contributed by atoms with E-state index < -0.39 is 5.60 Å². The molecule has 0 amide bonds. The molecule has 1 aliphatic rings. The molecule has 0 aromatic heterocycles. The van der Waals surface area contributed by atoms with Crippen molar-refractivity contribution in [2.24, 2.45) is 0 Å². The van der Waals surface area contributed by atoms with Gasteiger partial charge in [0.25, 0.3) is 0 Å². The zero-order valence-electron chi connectivity index (χ0n) is 12.2. The predicted octanol–water partition coefficient (Wildman–Crippen LogP) is 1.89. The molecule has 0 bridgehead atoms. The largest absolute Gasteiger partial charge is 0.486 e. The maximum absolute atomic E-state index is 11.6. The van der Waals surface area contributed by atoms with E-state index in [4.69, 9.17) is 14.2 Å². The lowest BCUT2D eigenvalue weighted by Gasteiger charge is -2.21. The molecule has 1 aliphatic heterocycles. The number of esters is 1. The molecule has 1 aromatic rings. The second-order valence-electron chi connectivity index (χ2n) is 5.63. The highest BCUT2D eigenvalue weighted by molar-refractivity contribution is 5.72. The second-order valence-corrected chi connectivity index (χ2v) is 5.63. The number of carbonyl (C=O) groups is 1. The minimum absolute atomic E-state index is 0.168. The molecule has 0 unspecified atom stereocenters. The molecular formula is C15H21NO4. The van der Waals surface area contributed by atoms with Crippen molar-refractivity contribution in [2.45, 2.75) is 32.9 Å². The van der Waals surface area contributed by atoms with E-state index in [0.717, 1.165) is 17.1 Å². The Morgan fingerprint density at radius 2 is 2.05 bits per heavy atom. The van der Waals surface area contributed by atoms with Crippen LogP contribution in [0.1, 0.15) is 26.3 Å². The van der Waals surface area contributed by atoms with Gasteiger partial charge in [-0.25, -0.2) is 0 Å². The minimum atomic E-state index is -0.457. The third-order valence-corrected chi connectivity index (χ3v) is 2.65. The van der Waals surface area contributed by atoms with Crippen molar-refractivity contribution in [3.8, 4) is 11.5 Å². The van der Waals surface area contributed by atoms with Crippen molar-refractivity contribution in [2.75, 3.05) is 19.8 Å². The summed E-state index contributed by atoms with van der Waals surface area (Å²) >= 11 is 0. The zero-order valence-corrected chi connectivity index (χ0v) is 12.2. The van der Waals surface area contributed by atoms with Crippen LogP contribution in [0, 0.1) is 0 Å². The summed E-state index contributed by atoms with van der Waals surface area (Å²) in [4.78, 5) is 11.6. The smallest absolute Gasteiger partial charge is 0.320 e. The summed E-state index contributed by atoms with van der Waals surface area (Å²) in [6.07, 6.45) is 0. The van der Waals surface area contributed by atoms with Crippen molar-refractivity contribution < 1.29 is 19.0 Å². The van der Waals surface area contributed by atoms with Gasteiger partial charge in [-0.3, -0.25) is 4.79 Å². The van der Waals surface area contributed by atoms with Crippen LogP contribution in [0.5, 0.6) is 11.5 Å². The van der Waals surface area contributed by atoms with E-state index in [-0.39, 0.29) is 12.5 Å². The predicted molar refractivity (Wildman–Crippen MR) is 75.0 cm³/mol. The van der Waals surface area contributed by atoms with Gasteiger partial charge in [0, 0.05) is 12.1 Å². The van der Waals surface area contributed by atoms with Crippen molar-refractivity contribution in [3.63, 3.8) is 0 Å². The van der Waals surface area contributed by atoms with E-state index >= 15 is 0 Å². The Bertz CT molecular complexity index is 479. The topological polar surface area (TPSA) is 56.8 Å². The summed E-state index contributed by atoms with van der Waals surface area (Å²) in [6.45, 7) is 7.38. The van der Waals surface area contributed by atoms with Gasteiger partial charge >= 0.3 is 5.97 Å². The van der Waals surface area contributed by atoms with Crippen molar-refractivity contribution in [3.05, 3.63) is 23.8 Å². The standard InChI is InChI=1S/C15H21NO4/c1-15(2,3)20-13(17)10-16-9-11-5-4-6-12-14(11)19-8-7-18-12/h4-6,16H,7-10H2,1-3H3. The molecule has 0 spiro atoms. The van der Waals surface area contributed by atoms with Crippen molar-refractivity contribution in [1.82, 2.24) is 5.32 Å². The number of ether oxygens (including phenoxy) is 3. The summed E-state index contributed by atoms with van der Waals surface area (Å²) in [5, 5.41) is 3.06. The fraction of sp³-hybridized carbons (Fsp3) is 0.533. The Morgan fingerprint density at radius 1 is 1.30 bits per heavy atom. The number of nitrogens with one attached hydrogen (secondary N) is 1. The Labute approximate surface area is 119 Å². The molecule has 5 nitrogen and oxygen atoms in total. The first-order valence-corrected chi connectivity index (χ1v) is 6.76. The molecule has 5 heteroatoms. The van der Waals surface area contributed by atoms with Crippen molar-refractivity contribution in [1.29, 1.82) is 0 Å². The van der Waals surface area contributed by atoms with Crippen LogP contribution in [0.3, 0.4) is 0 Å². The highest BCUT2D eigenvalue weighted by Gasteiger charge is 2.17. The molecule has 0 atom stereocenters. The molecule has 0 saturated heterocycles. The van der Waals surface area contributed by atoms with Gasteiger partial charge in [-0.15, -0.1) is 0 Å². The number of para-hydroxylation sites is 1. The zero-order chi connectivity index (χ0) is 14.6. The molecule has 1 heterocycles. The van der Waals surface area contributed by atoms with Crippen LogP contribution < -0.4 is 14.8 Å². The maximum atomic E-state index is 11.6. The van der Waals surface area contributed by atoms with Crippen LogP contribution in [-0.4, -0.2) is 31.3 Å². The molecule has 1 aromatic carbocycles. The molecule has 0 radical (unpaired) electrons. The lowest BCUT2D eigenvalue weighted by molar-refractivity contribution is -0.153. The van der Waals surface area contributed by atoms with E-state index in [0.29, 0.717) is 19.8 Å². The fourth-order valence-corrected chi connectivity index (χ4v) is 1.95. The Morgan fingerprint density at radius 3 is 2.80 bits per heavy atom. The van der Waals surface area contributed by atoms with E-state index in [1.807, 2.05) is 39.0 Å². The van der Waals surface area contributed by atoms with Crippen LogP contribution in [-0.2, 0) is 16.1 Å². The first-order valence-electron chi connectivity index (χ1n) is 6.76. The van der Waals surface area contributed by atoms with Crippen LogP contribution in [0.4, 0.5) is 0 Å². The third-order valence-electron chi connectivity index (χ3n) is 2.65. The fourth-order valence-electron chi connectivity index (χ4n) is 1.95. The molecular weight excluding hydrogens is 258 g/mol. The Balaban J connectivity index is 1.87.